The lowest BCUT2D eigenvalue weighted by atomic mass is 10.0. The maximum Gasteiger partial charge on any atom is 0.269 e. The number of halogens is 1. The molecular weight excluding hydrogens is 502 g/mol. The number of hydrogen-bond acceptors (Lipinski definition) is 5. The van der Waals surface area contributed by atoms with Crippen molar-refractivity contribution in [1.29, 1.82) is 0 Å². The number of benzene rings is 2. The van der Waals surface area contributed by atoms with E-state index in [1.165, 1.54) is 17.0 Å². The standard InChI is InChI=1S/C26H32ClN3O5S/c1-5-21(24(32)28-26(2,3)4)29(17-18-12-14-19(27)15-13-18)23(31)11-8-16-30-25(33)20-9-6-7-10-22(20)36(30,34)35/h6-7,9-10,12-15,21H,5,8,11,16-17H2,1-4H3,(H,28,32)/t21-/m1/s1. The quantitative estimate of drug-likeness (QED) is 0.525. The van der Waals surface area contributed by atoms with Crippen molar-refractivity contribution in [1.82, 2.24) is 14.5 Å². The van der Waals surface area contributed by atoms with Gasteiger partial charge in [0.25, 0.3) is 15.9 Å². The Balaban J connectivity index is 1.76. The predicted octanol–water partition coefficient (Wildman–Crippen LogP) is 3.99. The van der Waals surface area contributed by atoms with Gasteiger partial charge in [0.2, 0.25) is 11.8 Å². The number of amides is 3. The second kappa shape index (κ2) is 11.0. The van der Waals surface area contributed by atoms with E-state index >= 15 is 0 Å². The van der Waals surface area contributed by atoms with Crippen LogP contribution in [0.15, 0.2) is 53.4 Å². The Morgan fingerprint density at radius 3 is 2.31 bits per heavy atom. The number of fused-ring (bicyclic) bond motifs is 1. The van der Waals surface area contributed by atoms with Crippen LogP contribution in [-0.2, 0) is 26.2 Å². The highest BCUT2D eigenvalue weighted by molar-refractivity contribution is 7.90. The first kappa shape index (κ1) is 27.7. The van der Waals surface area contributed by atoms with E-state index in [0.717, 1.165) is 9.87 Å². The SMILES string of the molecule is CC[C@H](C(=O)NC(C)(C)C)N(Cc1ccc(Cl)cc1)C(=O)CCCN1C(=O)c2ccccc2S1(=O)=O. The van der Waals surface area contributed by atoms with Crippen molar-refractivity contribution in [2.24, 2.45) is 0 Å². The molecule has 1 aliphatic heterocycles. The summed E-state index contributed by atoms with van der Waals surface area (Å²) in [5, 5.41) is 3.50. The molecule has 1 atom stereocenters. The molecule has 0 aromatic heterocycles. The van der Waals surface area contributed by atoms with Gasteiger partial charge in [0.05, 0.1) is 5.56 Å². The molecule has 10 heteroatoms. The van der Waals surface area contributed by atoms with Gasteiger partial charge in [-0.15, -0.1) is 0 Å². The molecule has 0 unspecified atom stereocenters. The Hall–Kier alpha value is -2.91. The normalized spacial score (nSPS) is 15.4. The monoisotopic (exact) mass is 533 g/mol. The third-order valence-electron chi connectivity index (χ3n) is 5.81. The molecule has 2 aromatic carbocycles. The van der Waals surface area contributed by atoms with Crippen LogP contribution in [0.5, 0.6) is 0 Å². The van der Waals surface area contributed by atoms with Gasteiger partial charge in [-0.05, 0) is 63.4 Å². The van der Waals surface area contributed by atoms with Crippen LogP contribution in [0.2, 0.25) is 5.02 Å². The summed E-state index contributed by atoms with van der Waals surface area (Å²) in [6.07, 6.45) is 0.504. The second-order valence-electron chi connectivity index (χ2n) is 9.79. The van der Waals surface area contributed by atoms with Crippen LogP contribution < -0.4 is 5.32 Å². The van der Waals surface area contributed by atoms with Crippen LogP contribution in [0.1, 0.15) is 62.9 Å². The number of sulfonamides is 1. The number of rotatable bonds is 9. The Morgan fingerprint density at radius 2 is 1.72 bits per heavy atom. The van der Waals surface area contributed by atoms with E-state index in [-0.39, 0.29) is 48.2 Å². The minimum absolute atomic E-state index is 0.0180. The van der Waals surface area contributed by atoms with Gasteiger partial charge in [-0.2, -0.15) is 0 Å². The fourth-order valence-corrected chi connectivity index (χ4v) is 5.86. The Bertz CT molecular complexity index is 1240. The first-order valence-electron chi connectivity index (χ1n) is 11.9. The molecule has 1 N–H and O–H groups in total. The van der Waals surface area contributed by atoms with Crippen molar-refractivity contribution in [2.75, 3.05) is 6.54 Å². The molecule has 1 heterocycles. The summed E-state index contributed by atoms with van der Waals surface area (Å²) >= 11 is 6.00. The first-order chi connectivity index (χ1) is 16.8. The fourth-order valence-electron chi connectivity index (χ4n) is 4.13. The molecule has 0 aliphatic carbocycles. The van der Waals surface area contributed by atoms with Gasteiger partial charge in [-0.25, -0.2) is 12.7 Å². The summed E-state index contributed by atoms with van der Waals surface area (Å²) in [6.45, 7) is 7.51. The number of hydrogen-bond donors (Lipinski definition) is 1. The van der Waals surface area contributed by atoms with Crippen LogP contribution >= 0.6 is 11.6 Å². The molecule has 194 valence electrons. The molecule has 2 aromatic rings. The summed E-state index contributed by atoms with van der Waals surface area (Å²) < 4.78 is 26.4. The summed E-state index contributed by atoms with van der Waals surface area (Å²) in [7, 11) is -3.94. The molecule has 0 spiro atoms. The lowest BCUT2D eigenvalue weighted by Crippen LogP contribution is -2.53. The molecule has 3 rings (SSSR count). The number of carbonyl (C=O) groups is 3. The third-order valence-corrected chi connectivity index (χ3v) is 7.91. The summed E-state index contributed by atoms with van der Waals surface area (Å²) in [5.41, 5.74) is 0.472. The van der Waals surface area contributed by atoms with Crippen molar-refractivity contribution in [3.8, 4) is 0 Å². The van der Waals surface area contributed by atoms with Gasteiger partial charge >= 0.3 is 0 Å². The molecule has 0 saturated heterocycles. The molecule has 0 radical (unpaired) electrons. The van der Waals surface area contributed by atoms with Gasteiger partial charge in [0.1, 0.15) is 10.9 Å². The average Bonchev–Trinajstić information content (AvgIpc) is 2.99. The van der Waals surface area contributed by atoms with Crippen LogP contribution in [0, 0.1) is 0 Å². The Labute approximate surface area is 217 Å². The van der Waals surface area contributed by atoms with Gasteiger partial charge in [-0.3, -0.25) is 14.4 Å². The largest absolute Gasteiger partial charge is 0.350 e. The topological polar surface area (TPSA) is 104 Å². The molecule has 1 aliphatic rings. The minimum atomic E-state index is -3.94. The predicted molar refractivity (Wildman–Crippen MR) is 138 cm³/mol. The summed E-state index contributed by atoms with van der Waals surface area (Å²) in [4.78, 5) is 40.6. The van der Waals surface area contributed by atoms with Crippen LogP contribution in [-0.4, -0.2) is 53.5 Å². The number of nitrogens with zero attached hydrogens (tertiary/aromatic N) is 2. The van der Waals surface area contributed by atoms with Gasteiger partial charge in [-0.1, -0.05) is 42.8 Å². The van der Waals surface area contributed by atoms with Gasteiger partial charge in [0, 0.05) is 30.1 Å². The molecule has 0 bridgehead atoms. The van der Waals surface area contributed by atoms with Crippen molar-refractivity contribution in [3.63, 3.8) is 0 Å². The molecular formula is C26H32ClN3O5S. The lowest BCUT2D eigenvalue weighted by Gasteiger charge is -2.33. The van der Waals surface area contributed by atoms with Gasteiger partial charge in [0.15, 0.2) is 0 Å². The molecule has 8 nitrogen and oxygen atoms in total. The third kappa shape index (κ3) is 6.25. The molecule has 3 amide bonds. The van der Waals surface area contributed by atoms with Crippen molar-refractivity contribution in [2.45, 2.75) is 70.0 Å². The molecule has 0 saturated carbocycles. The highest BCUT2D eigenvalue weighted by atomic mass is 35.5. The average molecular weight is 534 g/mol. The van der Waals surface area contributed by atoms with E-state index < -0.39 is 27.5 Å². The smallest absolute Gasteiger partial charge is 0.269 e. The van der Waals surface area contributed by atoms with Crippen molar-refractivity contribution < 1.29 is 22.8 Å². The highest BCUT2D eigenvalue weighted by Crippen LogP contribution is 2.30. The maximum absolute atomic E-state index is 13.4. The van der Waals surface area contributed by atoms with Gasteiger partial charge < -0.3 is 10.2 Å². The van der Waals surface area contributed by atoms with Crippen LogP contribution in [0.3, 0.4) is 0 Å². The number of nitrogens with one attached hydrogen (secondary N) is 1. The van der Waals surface area contributed by atoms with Crippen molar-refractivity contribution >= 4 is 39.3 Å². The summed E-state index contributed by atoms with van der Waals surface area (Å²) in [5.74, 6) is -1.16. The lowest BCUT2D eigenvalue weighted by molar-refractivity contribution is -0.142. The molecule has 0 fully saturated rings. The van der Waals surface area contributed by atoms with E-state index in [9.17, 15) is 22.8 Å². The van der Waals surface area contributed by atoms with E-state index in [2.05, 4.69) is 5.32 Å². The zero-order valence-electron chi connectivity index (χ0n) is 21.0. The maximum atomic E-state index is 13.4. The van der Waals surface area contributed by atoms with E-state index in [0.29, 0.717) is 11.4 Å². The minimum Gasteiger partial charge on any atom is -0.350 e. The van der Waals surface area contributed by atoms with E-state index in [1.807, 2.05) is 27.7 Å². The van der Waals surface area contributed by atoms with Crippen molar-refractivity contribution in [3.05, 3.63) is 64.7 Å². The Morgan fingerprint density at radius 1 is 1.08 bits per heavy atom. The van der Waals surface area contributed by atoms with E-state index in [4.69, 9.17) is 11.6 Å². The summed E-state index contributed by atoms with van der Waals surface area (Å²) in [6, 6.07) is 12.4. The number of carbonyl (C=O) groups excluding carboxylic acids is 3. The zero-order valence-corrected chi connectivity index (χ0v) is 22.5. The van der Waals surface area contributed by atoms with Crippen LogP contribution in [0.25, 0.3) is 0 Å². The van der Waals surface area contributed by atoms with Crippen LogP contribution in [0.4, 0.5) is 0 Å². The fraction of sp³-hybridized carbons (Fsp3) is 0.423. The van der Waals surface area contributed by atoms with E-state index in [1.54, 1.807) is 36.4 Å². The Kier molecular flexibility index (Phi) is 8.46. The zero-order chi connectivity index (χ0) is 26.7. The first-order valence-corrected chi connectivity index (χ1v) is 13.7. The molecule has 36 heavy (non-hydrogen) atoms. The second-order valence-corrected chi connectivity index (χ2v) is 12.1. The highest BCUT2D eigenvalue weighted by Gasteiger charge is 2.40.